The number of rotatable bonds is 11. The lowest BCUT2D eigenvalue weighted by Crippen LogP contribution is -2.42. The number of aromatic nitrogens is 5. The highest BCUT2D eigenvalue weighted by Crippen LogP contribution is 2.36. The van der Waals surface area contributed by atoms with Crippen molar-refractivity contribution in [1.82, 2.24) is 45.4 Å². The van der Waals surface area contributed by atoms with E-state index in [1.54, 1.807) is 52.7 Å². The molecule has 3 aromatic heterocycles. The van der Waals surface area contributed by atoms with Gasteiger partial charge in [0.2, 0.25) is 5.89 Å². The Hall–Kier alpha value is -7.23. The van der Waals surface area contributed by atoms with Crippen molar-refractivity contribution in [3.8, 4) is 34.2 Å². The summed E-state index contributed by atoms with van der Waals surface area (Å²) in [5, 5.41) is 5.38. The lowest BCUT2D eigenvalue weighted by atomic mass is 10.1. The molecule has 302 valence electrons. The molecule has 2 aliphatic rings. The van der Waals surface area contributed by atoms with E-state index in [1.165, 1.54) is 14.2 Å². The van der Waals surface area contributed by atoms with Crippen LogP contribution in [-0.2, 0) is 19.1 Å². The zero-order chi connectivity index (χ0) is 40.9. The zero-order valence-corrected chi connectivity index (χ0v) is 32.5. The van der Waals surface area contributed by atoms with E-state index in [4.69, 9.17) is 13.9 Å². The van der Waals surface area contributed by atoms with Gasteiger partial charge >= 0.3 is 12.2 Å². The van der Waals surface area contributed by atoms with Crippen LogP contribution in [0.5, 0.6) is 0 Å². The van der Waals surface area contributed by atoms with Gasteiger partial charge in [-0.15, -0.1) is 0 Å². The number of imidazole rings is 2. The molecule has 0 spiro atoms. The normalized spacial score (nSPS) is 17.3. The molecule has 0 bridgehead atoms. The molecule has 4 unspecified atom stereocenters. The summed E-state index contributed by atoms with van der Waals surface area (Å²) < 4.78 is 15.8. The van der Waals surface area contributed by atoms with Crippen LogP contribution in [0.3, 0.4) is 0 Å². The highest BCUT2D eigenvalue weighted by molar-refractivity contribution is 5.88. The predicted octanol–water partition coefficient (Wildman–Crippen LogP) is 6.64. The molecule has 2 saturated heterocycles. The number of hydrogen-bond donors (Lipinski definition) is 4. The van der Waals surface area contributed by atoms with Crippen LogP contribution >= 0.6 is 0 Å². The number of ether oxygens (including phenoxy) is 2. The van der Waals surface area contributed by atoms with E-state index in [2.05, 4.69) is 35.6 Å². The first kappa shape index (κ1) is 38.6. The number of amides is 4. The third-order valence-corrected chi connectivity index (χ3v) is 10.8. The van der Waals surface area contributed by atoms with Crippen molar-refractivity contribution in [2.24, 2.45) is 0 Å². The maximum absolute atomic E-state index is 13.9. The summed E-state index contributed by atoms with van der Waals surface area (Å²) in [5.74, 6) is 1.67. The number of nitrogens with zero attached hydrogens (tertiary/aromatic N) is 5. The van der Waals surface area contributed by atoms with Gasteiger partial charge in [0.05, 0.1) is 50.6 Å². The van der Waals surface area contributed by atoms with Gasteiger partial charge in [0, 0.05) is 18.7 Å². The summed E-state index contributed by atoms with van der Waals surface area (Å²) in [6.07, 6.45) is 6.66. The Labute approximate surface area is 339 Å². The van der Waals surface area contributed by atoms with E-state index in [9.17, 15) is 19.2 Å². The third kappa shape index (κ3) is 8.14. The average molecular weight is 798 g/mol. The highest BCUT2D eigenvalue weighted by Gasteiger charge is 2.38. The monoisotopic (exact) mass is 797 g/mol. The molecule has 0 saturated carbocycles. The Morgan fingerprint density at radius 3 is 1.63 bits per heavy atom. The van der Waals surface area contributed by atoms with Crippen molar-refractivity contribution in [3.05, 3.63) is 126 Å². The number of benzene rings is 3. The molecule has 16 heteroatoms. The standard InChI is InChI=1S/C43H43N9O7/c1-57-42(55)49-35(28-11-5-3-6-12-28)40(53)51-21-9-15-32(51)37-44-23-30(47-37)26-17-19-27(20-18-26)34-25-46-39(59-34)31-24-45-38(48-31)33-16-10-22-52(33)41(54)36(50-43(56)58-2)29-13-7-4-8-14-29/h3-8,11-14,17-20,23-25,32-33,35-36H,9-10,15-16,21-22H2,1-2H3,(H,44,47)(H,45,48)(H,49,55)(H,50,56). The van der Waals surface area contributed by atoms with Crippen LogP contribution in [0.4, 0.5) is 9.59 Å². The number of carbonyl (C=O) groups excluding carboxylic acids is 4. The van der Waals surface area contributed by atoms with Crippen LogP contribution in [0.25, 0.3) is 34.2 Å². The van der Waals surface area contributed by atoms with Gasteiger partial charge in [-0.05, 0) is 42.4 Å². The van der Waals surface area contributed by atoms with Crippen LogP contribution in [0.15, 0.2) is 108 Å². The minimum atomic E-state index is -0.917. The lowest BCUT2D eigenvalue weighted by Gasteiger charge is -2.28. The Morgan fingerprint density at radius 2 is 1.12 bits per heavy atom. The lowest BCUT2D eigenvalue weighted by molar-refractivity contribution is -0.135. The van der Waals surface area contributed by atoms with Gasteiger partial charge in [0.1, 0.15) is 29.4 Å². The Kier molecular flexibility index (Phi) is 11.2. The van der Waals surface area contributed by atoms with Gasteiger partial charge in [-0.25, -0.2) is 24.5 Å². The number of alkyl carbamates (subject to hydrolysis) is 2. The Balaban J connectivity index is 0.940. The molecule has 6 aromatic rings. The van der Waals surface area contributed by atoms with Gasteiger partial charge in [0.15, 0.2) is 5.76 Å². The smallest absolute Gasteiger partial charge is 0.407 e. The van der Waals surface area contributed by atoms with Crippen LogP contribution in [0.2, 0.25) is 0 Å². The predicted molar refractivity (Wildman–Crippen MR) is 214 cm³/mol. The molecular formula is C43H43N9O7. The van der Waals surface area contributed by atoms with Crippen molar-refractivity contribution in [3.63, 3.8) is 0 Å². The molecule has 2 aliphatic heterocycles. The van der Waals surface area contributed by atoms with Crippen molar-refractivity contribution in [1.29, 1.82) is 0 Å². The molecule has 4 amide bonds. The van der Waals surface area contributed by atoms with Gasteiger partial charge in [-0.2, -0.15) is 0 Å². The number of carbonyl (C=O) groups is 4. The first-order valence-electron chi connectivity index (χ1n) is 19.4. The van der Waals surface area contributed by atoms with Gasteiger partial charge in [-0.1, -0.05) is 84.9 Å². The van der Waals surface area contributed by atoms with E-state index >= 15 is 0 Å². The van der Waals surface area contributed by atoms with E-state index in [0.29, 0.717) is 59.6 Å². The number of likely N-dealkylation sites (tertiary alicyclic amines) is 2. The van der Waals surface area contributed by atoms with Crippen molar-refractivity contribution in [2.45, 2.75) is 49.9 Å². The van der Waals surface area contributed by atoms with Gasteiger partial charge < -0.3 is 44.3 Å². The van der Waals surface area contributed by atoms with Crippen LogP contribution in [-0.4, -0.2) is 86.0 Å². The Bertz CT molecular complexity index is 2410. The summed E-state index contributed by atoms with van der Waals surface area (Å²) in [6, 6.07) is 23.5. The molecule has 0 aliphatic carbocycles. The third-order valence-electron chi connectivity index (χ3n) is 10.8. The summed E-state index contributed by atoms with van der Waals surface area (Å²) in [6.45, 7) is 1.04. The van der Waals surface area contributed by atoms with E-state index in [0.717, 1.165) is 36.1 Å². The number of aromatic amines is 2. The second-order valence-electron chi connectivity index (χ2n) is 14.3. The molecule has 3 aromatic carbocycles. The molecule has 8 rings (SSSR count). The molecule has 4 N–H and O–H groups in total. The molecule has 2 fully saturated rings. The van der Waals surface area contributed by atoms with Crippen LogP contribution in [0.1, 0.15) is 72.6 Å². The number of methoxy groups -OCH3 is 2. The molecular weight excluding hydrogens is 755 g/mol. The number of nitrogens with one attached hydrogen (secondary N) is 4. The molecule has 16 nitrogen and oxygen atoms in total. The first-order chi connectivity index (χ1) is 28.8. The molecule has 0 radical (unpaired) electrons. The average Bonchev–Trinajstić information content (AvgIpc) is 4.13. The quantitative estimate of drug-likeness (QED) is 0.110. The minimum absolute atomic E-state index is 0.234. The van der Waals surface area contributed by atoms with Crippen molar-refractivity contribution in [2.75, 3.05) is 27.3 Å². The SMILES string of the molecule is COC(=O)NC(C(=O)N1CCCC1c1ncc(-c2ccc(-c3cnc(-c4cnc(C5CCCN5C(=O)C(NC(=O)OC)c5ccccc5)[nH]4)o3)cc2)[nH]1)c1ccccc1. The number of oxazole rings is 1. The molecule has 4 atom stereocenters. The second-order valence-corrected chi connectivity index (χ2v) is 14.3. The van der Waals surface area contributed by atoms with E-state index in [-0.39, 0.29) is 23.9 Å². The minimum Gasteiger partial charge on any atom is -0.453 e. The van der Waals surface area contributed by atoms with Crippen molar-refractivity contribution >= 4 is 24.0 Å². The highest BCUT2D eigenvalue weighted by atomic mass is 16.5. The zero-order valence-electron chi connectivity index (χ0n) is 32.5. The fourth-order valence-electron chi connectivity index (χ4n) is 7.79. The first-order valence-corrected chi connectivity index (χ1v) is 19.4. The van der Waals surface area contributed by atoms with Gasteiger partial charge in [-0.3, -0.25) is 9.59 Å². The maximum atomic E-state index is 13.9. The van der Waals surface area contributed by atoms with Crippen molar-refractivity contribution < 1.29 is 33.1 Å². The second kappa shape index (κ2) is 17.1. The summed E-state index contributed by atoms with van der Waals surface area (Å²) in [5.41, 5.74) is 4.37. The van der Waals surface area contributed by atoms with Gasteiger partial charge in [0.25, 0.3) is 11.8 Å². The van der Waals surface area contributed by atoms with E-state index < -0.39 is 24.3 Å². The fraction of sp³-hybridized carbons (Fsp3) is 0.279. The largest absolute Gasteiger partial charge is 0.453 e. The Morgan fingerprint density at radius 1 is 0.644 bits per heavy atom. The number of hydrogen-bond acceptors (Lipinski definition) is 10. The number of H-pyrrole nitrogens is 2. The van der Waals surface area contributed by atoms with E-state index in [1.807, 2.05) is 60.7 Å². The summed E-state index contributed by atoms with van der Waals surface area (Å²) >= 11 is 0. The maximum Gasteiger partial charge on any atom is 0.407 e. The summed E-state index contributed by atoms with van der Waals surface area (Å²) in [4.78, 5) is 76.2. The van der Waals surface area contributed by atoms with Crippen LogP contribution in [0, 0.1) is 0 Å². The summed E-state index contributed by atoms with van der Waals surface area (Å²) in [7, 11) is 2.53. The topological polar surface area (TPSA) is 201 Å². The fourth-order valence-corrected chi connectivity index (χ4v) is 7.79. The molecule has 59 heavy (non-hydrogen) atoms. The molecule has 5 heterocycles. The van der Waals surface area contributed by atoms with Crippen LogP contribution < -0.4 is 10.6 Å².